The molecule has 1 amide bonds. The van der Waals surface area contributed by atoms with E-state index in [0.717, 1.165) is 40.2 Å². The number of anilines is 1. The number of aryl methyl sites for hydroxylation is 1. The van der Waals surface area contributed by atoms with Crippen molar-refractivity contribution in [2.75, 3.05) is 31.1 Å². The third kappa shape index (κ3) is 4.26. The van der Waals surface area contributed by atoms with Crippen LogP contribution in [0.15, 0.2) is 53.0 Å². The Bertz CT molecular complexity index is 1040. The molecule has 0 spiro atoms. The Hall–Kier alpha value is -2.67. The zero-order valence-corrected chi connectivity index (χ0v) is 18.7. The van der Waals surface area contributed by atoms with Crippen LogP contribution in [0.4, 0.5) is 10.1 Å². The van der Waals surface area contributed by atoms with Crippen molar-refractivity contribution in [3.8, 4) is 0 Å². The lowest BCUT2D eigenvalue weighted by molar-refractivity contribution is 0.0747. The van der Waals surface area contributed by atoms with E-state index >= 15 is 0 Å². The van der Waals surface area contributed by atoms with E-state index in [0.29, 0.717) is 25.2 Å². The van der Waals surface area contributed by atoms with Crippen molar-refractivity contribution in [3.63, 3.8) is 0 Å². The van der Waals surface area contributed by atoms with E-state index in [9.17, 15) is 9.18 Å². The minimum atomic E-state index is -0.235. The molecule has 7 heteroatoms. The predicted molar refractivity (Wildman–Crippen MR) is 119 cm³/mol. The van der Waals surface area contributed by atoms with Gasteiger partial charge in [0.05, 0.1) is 22.4 Å². The Morgan fingerprint density at radius 2 is 1.63 bits per heavy atom. The van der Waals surface area contributed by atoms with Gasteiger partial charge in [0.2, 0.25) is 0 Å². The number of aromatic nitrogens is 2. The van der Waals surface area contributed by atoms with Crippen LogP contribution in [-0.2, 0) is 6.54 Å². The first kappa shape index (κ1) is 20.6. The molecule has 1 saturated heterocycles. The van der Waals surface area contributed by atoms with Crippen molar-refractivity contribution in [1.29, 1.82) is 0 Å². The van der Waals surface area contributed by atoms with Gasteiger partial charge < -0.3 is 9.80 Å². The molecular weight excluding hydrogens is 447 g/mol. The minimum absolute atomic E-state index is 0.0502. The van der Waals surface area contributed by atoms with Crippen LogP contribution in [0.2, 0.25) is 0 Å². The highest BCUT2D eigenvalue weighted by molar-refractivity contribution is 9.10. The first-order valence-corrected chi connectivity index (χ1v) is 10.8. The van der Waals surface area contributed by atoms with Crippen molar-refractivity contribution >= 4 is 27.5 Å². The second-order valence-corrected chi connectivity index (χ2v) is 8.39. The number of halogens is 2. The van der Waals surface area contributed by atoms with Gasteiger partial charge in [-0.15, -0.1) is 0 Å². The summed E-state index contributed by atoms with van der Waals surface area (Å²) in [4.78, 5) is 17.0. The molecule has 0 bridgehead atoms. The SMILES string of the molecule is Cc1nn(Cc2ccc(C(=O)N3CCN(c4ccc(F)cc4)CC3)cc2)c(C)c1Br. The van der Waals surface area contributed by atoms with Gasteiger partial charge >= 0.3 is 0 Å². The van der Waals surface area contributed by atoms with Gasteiger partial charge in [-0.2, -0.15) is 5.10 Å². The van der Waals surface area contributed by atoms with E-state index in [-0.39, 0.29) is 11.7 Å². The molecule has 0 unspecified atom stereocenters. The zero-order chi connectivity index (χ0) is 21.3. The second-order valence-electron chi connectivity index (χ2n) is 7.60. The summed E-state index contributed by atoms with van der Waals surface area (Å²) in [5.41, 5.74) is 4.85. The molecule has 3 aromatic rings. The summed E-state index contributed by atoms with van der Waals surface area (Å²) in [5.74, 6) is -0.185. The first-order chi connectivity index (χ1) is 14.4. The Morgan fingerprint density at radius 3 is 2.20 bits per heavy atom. The molecule has 0 radical (unpaired) electrons. The molecule has 0 saturated carbocycles. The Kier molecular flexibility index (Phi) is 5.90. The first-order valence-electron chi connectivity index (χ1n) is 10.0. The molecule has 4 rings (SSSR count). The maximum Gasteiger partial charge on any atom is 0.253 e. The molecule has 0 atom stereocenters. The van der Waals surface area contributed by atoms with Gasteiger partial charge in [0.15, 0.2) is 0 Å². The summed E-state index contributed by atoms with van der Waals surface area (Å²) in [6, 6.07) is 14.3. The lowest BCUT2D eigenvalue weighted by atomic mass is 10.1. The van der Waals surface area contributed by atoms with Crippen molar-refractivity contribution in [2.24, 2.45) is 0 Å². The molecule has 0 N–H and O–H groups in total. The monoisotopic (exact) mass is 470 g/mol. The summed E-state index contributed by atoms with van der Waals surface area (Å²) in [5, 5.41) is 4.54. The summed E-state index contributed by atoms with van der Waals surface area (Å²) in [6.07, 6.45) is 0. The maximum absolute atomic E-state index is 13.1. The van der Waals surface area contributed by atoms with Crippen molar-refractivity contribution < 1.29 is 9.18 Å². The summed E-state index contributed by atoms with van der Waals surface area (Å²) in [7, 11) is 0. The number of piperazine rings is 1. The molecule has 2 heterocycles. The number of benzene rings is 2. The van der Waals surface area contributed by atoms with Crippen LogP contribution in [-0.4, -0.2) is 46.8 Å². The standard InChI is InChI=1S/C23H24BrFN4O/c1-16-22(24)17(2)29(26-16)15-18-3-5-19(6-4-18)23(30)28-13-11-27(12-14-28)21-9-7-20(25)8-10-21/h3-10H,11-15H2,1-2H3. The molecule has 1 aliphatic rings. The molecule has 156 valence electrons. The average Bonchev–Trinajstić information content (AvgIpc) is 3.01. The van der Waals surface area contributed by atoms with Crippen LogP contribution in [0.25, 0.3) is 0 Å². The summed E-state index contributed by atoms with van der Waals surface area (Å²) >= 11 is 3.56. The lowest BCUT2D eigenvalue weighted by Crippen LogP contribution is -2.48. The number of hydrogen-bond acceptors (Lipinski definition) is 3. The minimum Gasteiger partial charge on any atom is -0.368 e. The van der Waals surface area contributed by atoms with E-state index in [2.05, 4.69) is 25.9 Å². The molecule has 5 nitrogen and oxygen atoms in total. The highest BCUT2D eigenvalue weighted by atomic mass is 79.9. The quantitative estimate of drug-likeness (QED) is 0.566. The average molecular weight is 471 g/mol. The van der Waals surface area contributed by atoms with Crippen LogP contribution in [0.5, 0.6) is 0 Å². The Morgan fingerprint density at radius 1 is 1.00 bits per heavy atom. The molecule has 30 heavy (non-hydrogen) atoms. The van der Waals surface area contributed by atoms with Crippen molar-refractivity contribution in [1.82, 2.24) is 14.7 Å². The fourth-order valence-electron chi connectivity index (χ4n) is 3.76. The number of carbonyl (C=O) groups is 1. The van der Waals surface area contributed by atoms with E-state index < -0.39 is 0 Å². The van der Waals surface area contributed by atoms with Gasteiger partial charge in [0.25, 0.3) is 5.91 Å². The van der Waals surface area contributed by atoms with Crippen LogP contribution in [0.3, 0.4) is 0 Å². The molecule has 2 aromatic carbocycles. The van der Waals surface area contributed by atoms with Crippen molar-refractivity contribution in [3.05, 3.63) is 81.3 Å². The van der Waals surface area contributed by atoms with Crippen LogP contribution >= 0.6 is 15.9 Å². The predicted octanol–water partition coefficient (Wildman–Crippen LogP) is 4.41. The largest absolute Gasteiger partial charge is 0.368 e. The number of carbonyl (C=O) groups excluding carboxylic acids is 1. The summed E-state index contributed by atoms with van der Waals surface area (Å²) < 4.78 is 16.1. The smallest absolute Gasteiger partial charge is 0.253 e. The van der Waals surface area contributed by atoms with Gasteiger partial charge in [-0.05, 0) is 71.7 Å². The number of rotatable bonds is 4. The van der Waals surface area contributed by atoms with Gasteiger partial charge in [0, 0.05) is 37.4 Å². The maximum atomic E-state index is 13.1. The molecule has 1 aromatic heterocycles. The fourth-order valence-corrected chi connectivity index (χ4v) is 4.04. The topological polar surface area (TPSA) is 41.4 Å². The van der Waals surface area contributed by atoms with Crippen LogP contribution in [0, 0.1) is 19.7 Å². The third-order valence-electron chi connectivity index (χ3n) is 5.59. The fraction of sp³-hybridized carbons (Fsp3) is 0.304. The van der Waals surface area contributed by atoms with Crippen molar-refractivity contribution in [2.45, 2.75) is 20.4 Å². The second kappa shape index (κ2) is 8.60. The van der Waals surface area contributed by atoms with E-state index in [4.69, 9.17) is 0 Å². The molecule has 1 aliphatic heterocycles. The number of hydrogen-bond donors (Lipinski definition) is 0. The normalized spacial score (nSPS) is 14.3. The Labute approximate surface area is 184 Å². The van der Waals surface area contributed by atoms with Gasteiger partial charge in [-0.3, -0.25) is 9.48 Å². The highest BCUT2D eigenvalue weighted by Crippen LogP contribution is 2.21. The van der Waals surface area contributed by atoms with E-state index in [1.54, 1.807) is 12.1 Å². The highest BCUT2D eigenvalue weighted by Gasteiger charge is 2.22. The molecule has 1 fully saturated rings. The zero-order valence-electron chi connectivity index (χ0n) is 17.1. The number of nitrogens with zero attached hydrogens (tertiary/aromatic N) is 4. The lowest BCUT2D eigenvalue weighted by Gasteiger charge is -2.36. The van der Waals surface area contributed by atoms with Crippen LogP contribution in [0.1, 0.15) is 27.3 Å². The van der Waals surface area contributed by atoms with Crippen LogP contribution < -0.4 is 4.90 Å². The van der Waals surface area contributed by atoms with E-state index in [1.165, 1.54) is 12.1 Å². The molecule has 0 aliphatic carbocycles. The number of amides is 1. The Balaban J connectivity index is 1.37. The van der Waals surface area contributed by atoms with E-state index in [1.807, 2.05) is 47.7 Å². The third-order valence-corrected chi connectivity index (χ3v) is 6.73. The van der Waals surface area contributed by atoms with Gasteiger partial charge in [-0.1, -0.05) is 12.1 Å². The van der Waals surface area contributed by atoms with Gasteiger partial charge in [-0.25, -0.2) is 4.39 Å². The van der Waals surface area contributed by atoms with Gasteiger partial charge in [0.1, 0.15) is 5.82 Å². The summed E-state index contributed by atoms with van der Waals surface area (Å²) in [6.45, 7) is 7.46. The molecular formula is C23H24BrFN4O.